The summed E-state index contributed by atoms with van der Waals surface area (Å²) in [6.07, 6.45) is 0. The summed E-state index contributed by atoms with van der Waals surface area (Å²) in [7, 11) is -2.79. The first-order valence-electron chi connectivity index (χ1n) is 3.65. The maximum atomic E-state index is 10.6. The van der Waals surface area contributed by atoms with E-state index in [1.165, 1.54) is 0 Å². The fourth-order valence-electron chi connectivity index (χ4n) is 0.490. The minimum absolute atomic E-state index is 0.0521. The second-order valence-electron chi connectivity index (χ2n) is 2.41. The van der Waals surface area contributed by atoms with Gasteiger partial charge in [-0.3, -0.25) is 4.18 Å². The van der Waals surface area contributed by atoms with Gasteiger partial charge in [0.05, 0.1) is 26.9 Å². The van der Waals surface area contributed by atoms with E-state index in [9.17, 15) is 8.42 Å². The fourth-order valence-corrected chi connectivity index (χ4v) is 0.858. The quantitative estimate of drug-likeness (QED) is 0.452. The van der Waals surface area contributed by atoms with Crippen molar-refractivity contribution in [3.8, 4) is 0 Å². The molecule has 0 aromatic rings. The highest BCUT2D eigenvalue weighted by atomic mass is 32.3. The van der Waals surface area contributed by atoms with Crippen LogP contribution in [0.4, 0.5) is 0 Å². The van der Waals surface area contributed by atoms with E-state index in [1.54, 1.807) is 0 Å². The van der Waals surface area contributed by atoms with Gasteiger partial charge in [0.15, 0.2) is 0 Å². The SMILES string of the molecule is C=C(C)COCCOS(=O)(=O)OC. The third-order valence-electron chi connectivity index (χ3n) is 1.01. The average molecular weight is 210 g/mol. The summed E-state index contributed by atoms with van der Waals surface area (Å²) in [6, 6.07) is 0. The Bertz CT molecular complexity index is 244. The minimum Gasteiger partial charge on any atom is -0.375 e. The van der Waals surface area contributed by atoms with Crippen LogP contribution in [0.3, 0.4) is 0 Å². The topological polar surface area (TPSA) is 61.8 Å². The van der Waals surface area contributed by atoms with E-state index < -0.39 is 10.4 Å². The number of hydrogen-bond acceptors (Lipinski definition) is 5. The van der Waals surface area contributed by atoms with E-state index in [1.807, 2.05) is 6.92 Å². The van der Waals surface area contributed by atoms with Crippen molar-refractivity contribution in [2.75, 3.05) is 26.9 Å². The molecule has 0 fully saturated rings. The Kier molecular flexibility index (Phi) is 5.89. The van der Waals surface area contributed by atoms with E-state index in [-0.39, 0.29) is 13.2 Å². The Morgan fingerprint density at radius 3 is 2.46 bits per heavy atom. The predicted molar refractivity (Wildman–Crippen MR) is 47.5 cm³/mol. The van der Waals surface area contributed by atoms with Gasteiger partial charge in [0.25, 0.3) is 0 Å². The highest BCUT2D eigenvalue weighted by Gasteiger charge is 2.07. The van der Waals surface area contributed by atoms with Gasteiger partial charge >= 0.3 is 10.4 Å². The fraction of sp³-hybridized carbons (Fsp3) is 0.714. The minimum atomic E-state index is -3.82. The Hall–Kier alpha value is -0.430. The smallest absolute Gasteiger partial charge is 0.375 e. The van der Waals surface area contributed by atoms with Crippen LogP contribution >= 0.6 is 0 Å². The third kappa shape index (κ3) is 7.92. The molecule has 0 saturated carbocycles. The highest BCUT2D eigenvalue weighted by molar-refractivity contribution is 7.81. The van der Waals surface area contributed by atoms with Gasteiger partial charge in [-0.1, -0.05) is 12.2 Å². The van der Waals surface area contributed by atoms with Gasteiger partial charge in [0, 0.05) is 0 Å². The van der Waals surface area contributed by atoms with Crippen LogP contribution in [-0.2, 0) is 23.5 Å². The average Bonchev–Trinajstić information content (AvgIpc) is 2.03. The molecule has 0 aliphatic rings. The standard InChI is InChI=1S/C7H14O5S/c1-7(2)6-11-4-5-12-13(8,9)10-3/h1,4-6H2,2-3H3. The molecule has 0 saturated heterocycles. The predicted octanol–water partition coefficient (Wildman–Crippen LogP) is 0.487. The molecule has 0 radical (unpaired) electrons. The third-order valence-corrected chi connectivity index (χ3v) is 1.87. The lowest BCUT2D eigenvalue weighted by Crippen LogP contribution is -2.12. The Morgan fingerprint density at radius 2 is 2.00 bits per heavy atom. The molecular weight excluding hydrogens is 196 g/mol. The zero-order valence-corrected chi connectivity index (χ0v) is 8.59. The molecule has 78 valence electrons. The van der Waals surface area contributed by atoms with Gasteiger partial charge in [-0.15, -0.1) is 0 Å². The molecule has 0 aliphatic heterocycles. The molecule has 0 heterocycles. The van der Waals surface area contributed by atoms with Crippen molar-refractivity contribution in [1.82, 2.24) is 0 Å². The lowest BCUT2D eigenvalue weighted by atomic mass is 10.4. The molecule has 0 aliphatic carbocycles. The van der Waals surface area contributed by atoms with Crippen molar-refractivity contribution in [3.05, 3.63) is 12.2 Å². The van der Waals surface area contributed by atoms with Crippen molar-refractivity contribution in [3.63, 3.8) is 0 Å². The lowest BCUT2D eigenvalue weighted by molar-refractivity contribution is 0.111. The summed E-state index contributed by atoms with van der Waals surface area (Å²) in [6.45, 7) is 5.96. The molecular formula is C7H14O5S. The van der Waals surface area contributed by atoms with Crippen molar-refractivity contribution in [1.29, 1.82) is 0 Å². The maximum absolute atomic E-state index is 10.6. The van der Waals surface area contributed by atoms with Gasteiger partial charge in [-0.2, -0.15) is 8.42 Å². The molecule has 0 amide bonds. The summed E-state index contributed by atoms with van der Waals surface area (Å²) in [5.41, 5.74) is 0.870. The van der Waals surface area contributed by atoms with Crippen LogP contribution < -0.4 is 0 Å². The first-order chi connectivity index (χ1) is 5.98. The van der Waals surface area contributed by atoms with E-state index >= 15 is 0 Å². The molecule has 0 atom stereocenters. The Morgan fingerprint density at radius 1 is 1.38 bits per heavy atom. The highest BCUT2D eigenvalue weighted by Crippen LogP contribution is 1.93. The van der Waals surface area contributed by atoms with Crippen molar-refractivity contribution in [2.45, 2.75) is 6.92 Å². The van der Waals surface area contributed by atoms with Crippen LogP contribution in [0.2, 0.25) is 0 Å². The second-order valence-corrected chi connectivity index (χ2v) is 3.79. The van der Waals surface area contributed by atoms with Crippen LogP contribution in [0.15, 0.2) is 12.2 Å². The van der Waals surface area contributed by atoms with Crippen molar-refractivity contribution >= 4 is 10.4 Å². The molecule has 0 aromatic carbocycles. The molecule has 0 unspecified atom stereocenters. The van der Waals surface area contributed by atoms with Crippen molar-refractivity contribution in [2.24, 2.45) is 0 Å². The summed E-state index contributed by atoms with van der Waals surface area (Å²) < 4.78 is 34.5. The van der Waals surface area contributed by atoms with Crippen LogP contribution in [-0.4, -0.2) is 35.3 Å². The maximum Gasteiger partial charge on any atom is 0.399 e. The molecule has 0 aromatic heterocycles. The molecule has 0 bridgehead atoms. The largest absolute Gasteiger partial charge is 0.399 e. The normalized spacial score (nSPS) is 11.5. The lowest BCUT2D eigenvalue weighted by Gasteiger charge is -2.03. The van der Waals surface area contributed by atoms with E-state index in [2.05, 4.69) is 14.9 Å². The zero-order valence-electron chi connectivity index (χ0n) is 7.78. The summed E-state index contributed by atoms with van der Waals surface area (Å²) in [5, 5.41) is 0. The Labute approximate surface area is 78.6 Å². The first-order valence-corrected chi connectivity index (χ1v) is 4.98. The van der Waals surface area contributed by atoms with Gasteiger partial charge in [0.1, 0.15) is 0 Å². The second kappa shape index (κ2) is 6.09. The molecule has 0 spiro atoms. The number of ether oxygens (including phenoxy) is 1. The van der Waals surface area contributed by atoms with Crippen LogP contribution in [0.1, 0.15) is 6.92 Å². The van der Waals surface area contributed by atoms with Gasteiger partial charge < -0.3 is 4.74 Å². The summed E-state index contributed by atoms with van der Waals surface area (Å²) in [4.78, 5) is 0. The number of rotatable bonds is 7. The zero-order chi connectivity index (χ0) is 10.3. The molecule has 5 nitrogen and oxygen atoms in total. The molecule has 0 N–H and O–H groups in total. The number of hydrogen-bond donors (Lipinski definition) is 0. The van der Waals surface area contributed by atoms with Crippen molar-refractivity contribution < 1.29 is 21.5 Å². The van der Waals surface area contributed by atoms with Crippen LogP contribution in [0.5, 0.6) is 0 Å². The first kappa shape index (κ1) is 12.6. The van der Waals surface area contributed by atoms with E-state index in [0.29, 0.717) is 6.61 Å². The Balaban J connectivity index is 3.42. The molecule has 6 heteroatoms. The van der Waals surface area contributed by atoms with Gasteiger partial charge in [-0.25, -0.2) is 4.18 Å². The molecule has 13 heavy (non-hydrogen) atoms. The van der Waals surface area contributed by atoms with Gasteiger partial charge in [0.2, 0.25) is 0 Å². The summed E-state index contributed by atoms with van der Waals surface area (Å²) in [5.74, 6) is 0. The summed E-state index contributed by atoms with van der Waals surface area (Å²) >= 11 is 0. The van der Waals surface area contributed by atoms with E-state index in [4.69, 9.17) is 4.74 Å². The van der Waals surface area contributed by atoms with Crippen LogP contribution in [0.25, 0.3) is 0 Å². The van der Waals surface area contributed by atoms with Crippen LogP contribution in [0, 0.1) is 0 Å². The van der Waals surface area contributed by atoms with Gasteiger partial charge in [-0.05, 0) is 6.92 Å². The molecule has 0 rings (SSSR count). The monoisotopic (exact) mass is 210 g/mol. The van der Waals surface area contributed by atoms with E-state index in [0.717, 1.165) is 12.7 Å².